The minimum atomic E-state index is -0.678. The lowest BCUT2D eigenvalue weighted by molar-refractivity contribution is 0.0517. The molecule has 136 valence electrons. The predicted molar refractivity (Wildman–Crippen MR) is 104 cm³/mol. The Morgan fingerprint density at radius 2 is 2.00 bits per heavy atom. The Hall–Kier alpha value is -2.09. The van der Waals surface area contributed by atoms with Crippen molar-refractivity contribution in [1.29, 1.82) is 0 Å². The molecule has 5 nitrogen and oxygen atoms in total. The van der Waals surface area contributed by atoms with Crippen LogP contribution < -0.4 is 4.74 Å². The van der Waals surface area contributed by atoms with Crippen LogP contribution in [-0.2, 0) is 4.74 Å². The van der Waals surface area contributed by atoms with Gasteiger partial charge in [-0.2, -0.15) is 0 Å². The number of rotatable bonds is 8. The number of carbonyl (C=O) groups excluding carboxylic acids is 1. The van der Waals surface area contributed by atoms with Crippen molar-refractivity contribution in [1.82, 2.24) is 4.98 Å². The van der Waals surface area contributed by atoms with Gasteiger partial charge in [-0.3, -0.25) is 0 Å². The molecule has 7 heteroatoms. The number of carbonyl (C=O) groups is 1. The largest absolute Gasteiger partial charge is 0.490 e. The fourth-order valence-corrected chi connectivity index (χ4v) is 4.28. The molecular formula is C19H19NO4S2. The highest BCUT2D eigenvalue weighted by Crippen LogP contribution is 2.29. The van der Waals surface area contributed by atoms with Crippen LogP contribution in [0.15, 0.2) is 52.9 Å². The maximum absolute atomic E-state index is 11.9. The molecule has 1 unspecified atom stereocenters. The number of benzene rings is 2. The number of nitrogens with zero attached hydrogens (tertiary/aromatic N) is 1. The second-order valence-corrected chi connectivity index (χ2v) is 7.74. The van der Waals surface area contributed by atoms with Crippen molar-refractivity contribution in [3.05, 3.63) is 54.1 Å². The first kappa shape index (κ1) is 18.7. The van der Waals surface area contributed by atoms with Crippen LogP contribution >= 0.6 is 23.1 Å². The van der Waals surface area contributed by atoms with E-state index in [1.54, 1.807) is 42.5 Å². The maximum atomic E-state index is 11.9. The summed E-state index contributed by atoms with van der Waals surface area (Å²) >= 11 is 3.10. The third-order valence-electron chi connectivity index (χ3n) is 3.49. The Morgan fingerprint density at radius 1 is 1.23 bits per heavy atom. The van der Waals surface area contributed by atoms with Gasteiger partial charge in [-0.15, -0.1) is 11.3 Å². The molecule has 2 aromatic carbocycles. The summed E-state index contributed by atoms with van der Waals surface area (Å²) in [5, 5.41) is 10.2. The van der Waals surface area contributed by atoms with Gasteiger partial charge in [-0.25, -0.2) is 9.78 Å². The summed E-state index contributed by atoms with van der Waals surface area (Å²) in [6, 6.07) is 14.8. The number of thioether (sulfide) groups is 1. The van der Waals surface area contributed by atoms with E-state index in [-0.39, 0.29) is 6.61 Å². The summed E-state index contributed by atoms with van der Waals surface area (Å²) in [6.45, 7) is 2.15. The molecule has 1 N–H and O–H groups in total. The highest BCUT2D eigenvalue weighted by atomic mass is 32.2. The summed E-state index contributed by atoms with van der Waals surface area (Å²) in [5.74, 6) is 0.443. The second kappa shape index (κ2) is 9.02. The molecule has 0 aliphatic heterocycles. The average molecular weight is 389 g/mol. The molecule has 0 fully saturated rings. The van der Waals surface area contributed by atoms with Gasteiger partial charge in [0.25, 0.3) is 0 Å². The van der Waals surface area contributed by atoms with E-state index in [4.69, 9.17) is 9.47 Å². The molecule has 0 amide bonds. The van der Waals surface area contributed by atoms with Crippen molar-refractivity contribution in [2.75, 3.05) is 19.0 Å². The van der Waals surface area contributed by atoms with Crippen LogP contribution in [0.25, 0.3) is 10.2 Å². The maximum Gasteiger partial charge on any atom is 0.341 e. The van der Waals surface area contributed by atoms with Gasteiger partial charge in [0.15, 0.2) is 4.34 Å². The van der Waals surface area contributed by atoms with Gasteiger partial charge >= 0.3 is 5.97 Å². The highest BCUT2D eigenvalue weighted by molar-refractivity contribution is 8.01. The van der Waals surface area contributed by atoms with Crippen molar-refractivity contribution in [3.63, 3.8) is 0 Å². The van der Waals surface area contributed by atoms with Crippen molar-refractivity contribution in [2.45, 2.75) is 17.4 Å². The molecule has 0 aliphatic carbocycles. The number of thiazole rings is 1. The summed E-state index contributed by atoms with van der Waals surface area (Å²) in [7, 11) is 0. The highest BCUT2D eigenvalue weighted by Gasteiger charge is 2.15. The summed E-state index contributed by atoms with van der Waals surface area (Å²) in [4.78, 5) is 16.5. The van der Waals surface area contributed by atoms with Crippen LogP contribution in [0.3, 0.4) is 0 Å². The lowest BCUT2D eigenvalue weighted by atomic mass is 10.2. The lowest BCUT2D eigenvalue weighted by Gasteiger charge is -2.13. The first-order valence-electron chi connectivity index (χ1n) is 8.22. The van der Waals surface area contributed by atoms with E-state index in [1.165, 1.54) is 11.8 Å². The smallest absolute Gasteiger partial charge is 0.341 e. The van der Waals surface area contributed by atoms with Crippen LogP contribution in [0.4, 0.5) is 0 Å². The number of ether oxygens (including phenoxy) is 2. The van der Waals surface area contributed by atoms with E-state index < -0.39 is 12.1 Å². The van der Waals surface area contributed by atoms with Crippen LogP contribution in [0.2, 0.25) is 0 Å². The fourth-order valence-electron chi connectivity index (χ4n) is 2.28. The molecule has 0 saturated heterocycles. The molecule has 0 radical (unpaired) electrons. The van der Waals surface area contributed by atoms with Crippen LogP contribution in [0.1, 0.15) is 17.3 Å². The molecule has 1 aromatic heterocycles. The number of hydrogen-bond donors (Lipinski definition) is 1. The van der Waals surface area contributed by atoms with Gasteiger partial charge in [-0.05, 0) is 31.2 Å². The summed E-state index contributed by atoms with van der Waals surface area (Å²) in [6.07, 6.45) is -0.678. The number of aliphatic hydroxyl groups is 1. The zero-order valence-electron chi connectivity index (χ0n) is 14.3. The minimum Gasteiger partial charge on any atom is -0.490 e. The van der Waals surface area contributed by atoms with Crippen LogP contribution in [-0.4, -0.2) is 41.1 Å². The Bertz CT molecular complexity index is 848. The number of fused-ring (bicyclic) bond motifs is 1. The van der Waals surface area contributed by atoms with Gasteiger partial charge in [0.05, 0.1) is 22.9 Å². The van der Waals surface area contributed by atoms with Crippen LogP contribution in [0, 0.1) is 0 Å². The molecule has 0 spiro atoms. The summed E-state index contributed by atoms with van der Waals surface area (Å²) in [5.41, 5.74) is 1.33. The number of aliphatic hydroxyl groups excluding tert-OH is 1. The van der Waals surface area contributed by atoms with Crippen molar-refractivity contribution in [3.8, 4) is 5.75 Å². The number of hydrogen-bond acceptors (Lipinski definition) is 7. The van der Waals surface area contributed by atoms with Gasteiger partial charge in [0, 0.05) is 5.75 Å². The van der Waals surface area contributed by atoms with E-state index in [0.717, 1.165) is 14.6 Å². The number of para-hydroxylation sites is 2. The first-order valence-corrected chi connectivity index (χ1v) is 10.0. The van der Waals surface area contributed by atoms with Gasteiger partial charge in [0.2, 0.25) is 0 Å². The molecule has 0 saturated carbocycles. The molecule has 26 heavy (non-hydrogen) atoms. The predicted octanol–water partition coefficient (Wildman–Crippen LogP) is 4.01. The zero-order valence-corrected chi connectivity index (χ0v) is 15.9. The van der Waals surface area contributed by atoms with Crippen molar-refractivity contribution >= 4 is 39.3 Å². The SMILES string of the molecule is CCOC(=O)c1ccccc1OCC(O)CSc1nc2ccccc2s1. The lowest BCUT2D eigenvalue weighted by Crippen LogP contribution is -2.21. The number of aromatic nitrogens is 1. The molecule has 3 aromatic rings. The topological polar surface area (TPSA) is 68.7 Å². The molecule has 0 bridgehead atoms. The van der Waals surface area contributed by atoms with Gasteiger partial charge in [-0.1, -0.05) is 36.0 Å². The average Bonchev–Trinajstić information content (AvgIpc) is 3.08. The van der Waals surface area contributed by atoms with Crippen molar-refractivity contribution in [2.24, 2.45) is 0 Å². The fraction of sp³-hybridized carbons (Fsp3) is 0.263. The van der Waals surface area contributed by atoms with E-state index in [2.05, 4.69) is 4.98 Å². The normalized spacial score (nSPS) is 12.1. The minimum absolute atomic E-state index is 0.0916. The second-order valence-electron chi connectivity index (χ2n) is 5.44. The van der Waals surface area contributed by atoms with Crippen LogP contribution in [0.5, 0.6) is 5.75 Å². The first-order chi connectivity index (χ1) is 12.7. The molecular weight excluding hydrogens is 370 g/mol. The third-order valence-corrected chi connectivity index (χ3v) is 5.81. The molecule has 1 atom stereocenters. The van der Waals surface area contributed by atoms with Gasteiger partial charge < -0.3 is 14.6 Å². The third kappa shape index (κ3) is 4.75. The van der Waals surface area contributed by atoms with E-state index in [0.29, 0.717) is 23.7 Å². The molecule has 1 heterocycles. The quantitative estimate of drug-likeness (QED) is 0.464. The zero-order chi connectivity index (χ0) is 18.4. The Labute approximate surface area is 160 Å². The van der Waals surface area contributed by atoms with E-state index >= 15 is 0 Å². The standard InChI is InChI=1S/C19H19NO4S2/c1-2-23-18(22)14-7-3-5-9-16(14)24-11-13(21)12-25-19-20-15-8-4-6-10-17(15)26-19/h3-10,13,21H,2,11-12H2,1H3. The Kier molecular flexibility index (Phi) is 6.49. The van der Waals surface area contributed by atoms with E-state index in [9.17, 15) is 9.90 Å². The Balaban J connectivity index is 1.54. The number of esters is 1. The van der Waals surface area contributed by atoms with Crippen molar-refractivity contribution < 1.29 is 19.4 Å². The molecule has 3 rings (SSSR count). The monoisotopic (exact) mass is 389 g/mol. The van der Waals surface area contributed by atoms with E-state index in [1.807, 2.05) is 24.3 Å². The van der Waals surface area contributed by atoms with Gasteiger partial charge in [0.1, 0.15) is 17.9 Å². The summed E-state index contributed by atoms with van der Waals surface area (Å²) < 4.78 is 12.7. The molecule has 0 aliphatic rings. The Morgan fingerprint density at radius 3 is 2.81 bits per heavy atom.